The maximum Gasteiger partial charge on any atom is 0.0619 e. The highest BCUT2D eigenvalue weighted by Crippen LogP contribution is 2.04. The summed E-state index contributed by atoms with van der Waals surface area (Å²) in [5.41, 5.74) is 1.35. The van der Waals surface area contributed by atoms with Crippen LogP contribution in [0.3, 0.4) is 0 Å². The molecule has 84 valence electrons. The second-order valence-corrected chi connectivity index (χ2v) is 4.16. The van der Waals surface area contributed by atoms with Gasteiger partial charge in [-0.15, -0.1) is 0 Å². The fourth-order valence-corrected chi connectivity index (χ4v) is 1.74. The zero-order valence-corrected chi connectivity index (χ0v) is 9.86. The molecule has 15 heavy (non-hydrogen) atoms. The molecule has 0 aromatic heterocycles. The number of methoxy groups -OCH3 is 1. The molecule has 1 rings (SSSR count). The minimum Gasteiger partial charge on any atom is -0.383 e. The summed E-state index contributed by atoms with van der Waals surface area (Å²) in [5, 5.41) is 3.50. The molecule has 2 heteroatoms. The van der Waals surface area contributed by atoms with Crippen LogP contribution in [0.4, 0.5) is 0 Å². The van der Waals surface area contributed by atoms with Gasteiger partial charge in [-0.05, 0) is 12.0 Å². The molecule has 0 heterocycles. The van der Waals surface area contributed by atoms with Crippen LogP contribution < -0.4 is 5.32 Å². The van der Waals surface area contributed by atoms with Crippen LogP contribution in [0.15, 0.2) is 30.3 Å². The van der Waals surface area contributed by atoms with Crippen LogP contribution >= 0.6 is 0 Å². The van der Waals surface area contributed by atoms with Crippen molar-refractivity contribution in [2.24, 2.45) is 0 Å². The molecule has 2 nitrogen and oxygen atoms in total. The van der Waals surface area contributed by atoms with E-state index >= 15 is 0 Å². The van der Waals surface area contributed by atoms with Crippen LogP contribution in [-0.4, -0.2) is 25.8 Å². The van der Waals surface area contributed by atoms with Crippen molar-refractivity contribution in [2.75, 3.05) is 13.7 Å². The van der Waals surface area contributed by atoms with Crippen molar-refractivity contribution in [3.8, 4) is 0 Å². The van der Waals surface area contributed by atoms with E-state index in [1.807, 2.05) is 6.07 Å². The quantitative estimate of drug-likeness (QED) is 0.724. The summed E-state index contributed by atoms with van der Waals surface area (Å²) >= 11 is 0. The second-order valence-electron chi connectivity index (χ2n) is 4.16. The molecule has 0 spiro atoms. The highest BCUT2D eigenvalue weighted by molar-refractivity contribution is 5.15. The Morgan fingerprint density at radius 1 is 1.20 bits per heavy atom. The normalized spacial score (nSPS) is 13.1. The second kappa shape index (κ2) is 6.59. The highest BCUT2D eigenvalue weighted by atomic mass is 16.5. The summed E-state index contributed by atoms with van der Waals surface area (Å²) in [6, 6.07) is 11.4. The first-order valence-corrected chi connectivity index (χ1v) is 5.51. The molecule has 0 aliphatic rings. The van der Waals surface area contributed by atoms with Gasteiger partial charge in [0.1, 0.15) is 0 Å². The number of ether oxygens (including phenoxy) is 1. The van der Waals surface area contributed by atoms with Gasteiger partial charge in [0.25, 0.3) is 0 Å². The molecule has 0 fully saturated rings. The van der Waals surface area contributed by atoms with Gasteiger partial charge in [-0.2, -0.15) is 0 Å². The highest BCUT2D eigenvalue weighted by Gasteiger charge is 2.09. The monoisotopic (exact) mass is 208 g/mol. The van der Waals surface area contributed by atoms with E-state index in [1.54, 1.807) is 7.11 Å². The minimum absolute atomic E-state index is 0.400. The summed E-state index contributed by atoms with van der Waals surface area (Å²) in [6.07, 6.45) is 1.02. The van der Waals surface area contributed by atoms with Gasteiger partial charge < -0.3 is 10.1 Å². The van der Waals surface area contributed by atoms with Crippen molar-refractivity contribution in [1.82, 2.24) is 5.32 Å². The van der Waals surface area contributed by atoms with Gasteiger partial charge in [-0.25, -0.2) is 0 Å². The lowest BCUT2D eigenvalue weighted by molar-refractivity contribution is 0.162. The Labute approximate surface area is 92.6 Å². The van der Waals surface area contributed by atoms with E-state index in [4.69, 9.17) is 4.74 Å². The molecule has 0 unspecified atom stereocenters. The topological polar surface area (TPSA) is 21.3 Å². The Balaban J connectivity index is 2.50. The van der Waals surface area contributed by atoms with Gasteiger partial charge in [-0.3, -0.25) is 0 Å². The van der Waals surface area contributed by atoms with Crippen molar-refractivity contribution in [1.29, 1.82) is 0 Å². The van der Waals surface area contributed by atoms with E-state index in [-0.39, 0.29) is 0 Å². The molecular weight excluding hydrogens is 187 g/mol. The number of benzene rings is 1. The largest absolute Gasteiger partial charge is 0.383 e. The first kappa shape index (κ1) is 12.2. The third kappa shape index (κ3) is 4.96. The first-order chi connectivity index (χ1) is 7.22. The Morgan fingerprint density at radius 2 is 1.87 bits per heavy atom. The van der Waals surface area contributed by atoms with Gasteiger partial charge in [0, 0.05) is 19.2 Å². The van der Waals surface area contributed by atoms with Gasteiger partial charge >= 0.3 is 0 Å². The van der Waals surface area contributed by atoms with E-state index < -0.39 is 0 Å². The molecule has 0 saturated carbocycles. The van der Waals surface area contributed by atoms with Crippen LogP contribution in [0.1, 0.15) is 19.4 Å². The summed E-state index contributed by atoms with van der Waals surface area (Å²) < 4.78 is 5.21. The van der Waals surface area contributed by atoms with Crippen molar-refractivity contribution in [3.63, 3.8) is 0 Å². The molecule has 1 aromatic carbocycles. The lowest BCUT2D eigenvalue weighted by Crippen LogP contribution is -2.39. The van der Waals surface area contributed by atoms with Crippen LogP contribution in [-0.2, 0) is 11.2 Å². The minimum atomic E-state index is 0.400. The Bertz CT molecular complexity index is 258. The smallest absolute Gasteiger partial charge is 0.0619 e. The van der Waals surface area contributed by atoms with Crippen LogP contribution in [0.2, 0.25) is 0 Å². The van der Waals surface area contributed by atoms with Crippen molar-refractivity contribution >= 4 is 0 Å². The number of nitrogens with one attached hydrogen (secondary N) is 1. The summed E-state index contributed by atoms with van der Waals surface area (Å²) in [7, 11) is 1.75. The van der Waals surface area contributed by atoms with E-state index in [0.29, 0.717) is 12.1 Å². The average Bonchev–Trinajstić information content (AvgIpc) is 2.18. The number of rotatable bonds is 6. The van der Waals surface area contributed by atoms with Crippen molar-refractivity contribution in [2.45, 2.75) is 32.4 Å². The molecule has 1 atom stereocenters. The molecule has 0 bridgehead atoms. The molecule has 0 aliphatic carbocycles. The van der Waals surface area contributed by atoms with Crippen LogP contribution in [0.5, 0.6) is 0 Å². The fraction of sp³-hybridized carbons (Fsp3) is 0.538. The van der Waals surface area contributed by atoms with Crippen LogP contribution in [0.25, 0.3) is 0 Å². The SMILES string of the molecule is COC[C@H](Cc1ccccc1)[15NH]C(C)C. The first-order valence-electron chi connectivity index (χ1n) is 5.51. The van der Waals surface area contributed by atoms with Gasteiger partial charge in [-0.1, -0.05) is 44.2 Å². The Morgan fingerprint density at radius 3 is 2.40 bits per heavy atom. The Hall–Kier alpha value is -0.860. The average molecular weight is 208 g/mol. The maximum atomic E-state index is 5.21. The van der Waals surface area contributed by atoms with Gasteiger partial charge in [0.05, 0.1) is 6.61 Å². The fourth-order valence-electron chi connectivity index (χ4n) is 1.74. The number of hydrogen-bond donors (Lipinski definition) is 1. The van der Waals surface area contributed by atoms with Gasteiger partial charge in [0.15, 0.2) is 0 Å². The van der Waals surface area contributed by atoms with E-state index in [9.17, 15) is 0 Å². The van der Waals surface area contributed by atoms with E-state index in [0.717, 1.165) is 13.0 Å². The predicted octanol–water partition coefficient (Wildman–Crippen LogP) is 2.24. The third-order valence-corrected chi connectivity index (χ3v) is 2.26. The van der Waals surface area contributed by atoms with Gasteiger partial charge in [0.2, 0.25) is 0 Å². The molecule has 0 aliphatic heterocycles. The number of hydrogen-bond acceptors (Lipinski definition) is 2. The van der Waals surface area contributed by atoms with E-state index in [2.05, 4.69) is 43.4 Å². The Kier molecular flexibility index (Phi) is 5.37. The van der Waals surface area contributed by atoms with Crippen LogP contribution in [0, 0.1) is 0 Å². The zero-order chi connectivity index (χ0) is 11.1. The summed E-state index contributed by atoms with van der Waals surface area (Å²) in [5.74, 6) is 0. The standard InChI is InChI=1S/C13H21NO/c1-11(2)14-13(10-15-3)9-12-7-5-4-6-8-12/h4-8,11,13-14H,9-10H2,1-3H3/t13-/m0/s1/i14+1. The molecule has 1 aromatic rings. The zero-order valence-electron chi connectivity index (χ0n) is 9.86. The molecule has 0 amide bonds. The summed E-state index contributed by atoms with van der Waals surface area (Å²) in [4.78, 5) is 0. The van der Waals surface area contributed by atoms with E-state index in [1.165, 1.54) is 5.56 Å². The molecule has 0 radical (unpaired) electrons. The summed E-state index contributed by atoms with van der Waals surface area (Å²) in [6.45, 7) is 5.08. The maximum absolute atomic E-state index is 5.21. The molecule has 0 saturated heterocycles. The lowest BCUT2D eigenvalue weighted by atomic mass is 10.1. The molecule has 1 N–H and O–H groups in total. The van der Waals surface area contributed by atoms with Crippen molar-refractivity contribution in [3.05, 3.63) is 35.9 Å². The lowest BCUT2D eigenvalue weighted by Gasteiger charge is -2.20. The van der Waals surface area contributed by atoms with Crippen molar-refractivity contribution < 1.29 is 4.74 Å². The predicted molar refractivity (Wildman–Crippen MR) is 64.1 cm³/mol. The third-order valence-electron chi connectivity index (χ3n) is 2.26. The molecular formula is C13H21NO.